The van der Waals surface area contributed by atoms with Crippen LogP contribution in [-0.4, -0.2) is 0 Å². The first kappa shape index (κ1) is 17.8. The minimum absolute atomic E-state index is 0.329. The van der Waals surface area contributed by atoms with Crippen LogP contribution in [0.25, 0.3) is 0 Å². The van der Waals surface area contributed by atoms with Gasteiger partial charge in [-0.15, -0.1) is 0 Å². The smallest absolute Gasteiger partial charge is 0.0503 e. The van der Waals surface area contributed by atoms with Crippen molar-refractivity contribution in [1.82, 2.24) is 0 Å². The number of allylic oxidation sites excluding steroid dienone is 11. The molecule has 0 amide bonds. The summed E-state index contributed by atoms with van der Waals surface area (Å²) in [5, 5.41) is 0. The van der Waals surface area contributed by atoms with Crippen molar-refractivity contribution < 1.29 is 0 Å². The number of nitrogens with zero attached hydrogens (tertiary/aromatic N) is 1. The molecular weight excluding hydrogens is 350 g/mol. The molecule has 0 saturated carbocycles. The topological polar surface area (TPSA) is 3.24 Å². The highest BCUT2D eigenvalue weighted by Crippen LogP contribution is 2.45. The number of hydrogen-bond acceptors (Lipinski definition) is 1. The molecule has 0 fully saturated rings. The molecule has 3 aliphatic carbocycles. The molecular formula is C28H25N. The van der Waals surface area contributed by atoms with Crippen molar-refractivity contribution in [2.24, 2.45) is 5.92 Å². The zero-order valence-electron chi connectivity index (χ0n) is 16.8. The first-order valence-corrected chi connectivity index (χ1v) is 10.5. The molecule has 3 aliphatic rings. The molecule has 0 N–H and O–H groups in total. The molecule has 0 aliphatic heterocycles. The largest absolute Gasteiger partial charge is 0.310 e. The number of benzene rings is 2. The van der Waals surface area contributed by atoms with Crippen molar-refractivity contribution in [2.45, 2.75) is 19.8 Å². The van der Waals surface area contributed by atoms with Gasteiger partial charge in [0.15, 0.2) is 0 Å². The second kappa shape index (κ2) is 7.60. The second-order valence-corrected chi connectivity index (χ2v) is 7.75. The van der Waals surface area contributed by atoms with Crippen LogP contribution in [0.15, 0.2) is 126 Å². The van der Waals surface area contributed by atoms with E-state index >= 15 is 0 Å². The molecule has 29 heavy (non-hydrogen) atoms. The minimum atomic E-state index is 0.329. The second-order valence-electron chi connectivity index (χ2n) is 7.75. The standard InChI is InChI=1S/C28H25N/c1-2-8-21-15-18-25(19-16-21)29(24-12-4-3-5-13-24)27-20-17-23-10-6-9-22-11-7-14-26(27)28(22)23/h3-7,9-20,28H,2,8H2,1H3. The third-order valence-corrected chi connectivity index (χ3v) is 5.84. The molecule has 0 saturated heterocycles. The molecule has 0 aromatic heterocycles. The molecule has 142 valence electrons. The van der Waals surface area contributed by atoms with Crippen LogP contribution in [-0.2, 0) is 6.42 Å². The van der Waals surface area contributed by atoms with Crippen LogP contribution in [0.1, 0.15) is 18.9 Å². The molecule has 0 bridgehead atoms. The Kier molecular flexibility index (Phi) is 4.65. The van der Waals surface area contributed by atoms with E-state index in [0.717, 1.165) is 6.42 Å². The average molecular weight is 376 g/mol. The molecule has 0 heterocycles. The van der Waals surface area contributed by atoms with E-state index in [1.807, 2.05) is 0 Å². The third-order valence-electron chi connectivity index (χ3n) is 5.84. The third kappa shape index (κ3) is 3.23. The van der Waals surface area contributed by atoms with Gasteiger partial charge >= 0.3 is 0 Å². The van der Waals surface area contributed by atoms with Crippen LogP contribution in [0, 0.1) is 5.92 Å². The molecule has 5 rings (SSSR count). The van der Waals surface area contributed by atoms with Gasteiger partial charge in [0.1, 0.15) is 0 Å². The molecule has 2 aromatic rings. The summed E-state index contributed by atoms with van der Waals surface area (Å²) in [5.74, 6) is 0.329. The quantitative estimate of drug-likeness (QED) is 0.534. The average Bonchev–Trinajstić information content (AvgIpc) is 2.78. The van der Waals surface area contributed by atoms with Crippen LogP contribution in [0.2, 0.25) is 0 Å². The van der Waals surface area contributed by atoms with Gasteiger partial charge in [0.05, 0.1) is 5.70 Å². The zero-order chi connectivity index (χ0) is 19.6. The Morgan fingerprint density at radius 1 is 0.724 bits per heavy atom. The lowest BCUT2D eigenvalue weighted by molar-refractivity contribution is 0.845. The van der Waals surface area contributed by atoms with E-state index in [0.29, 0.717) is 5.92 Å². The fraction of sp³-hybridized carbons (Fsp3) is 0.143. The van der Waals surface area contributed by atoms with Crippen LogP contribution in [0.5, 0.6) is 0 Å². The van der Waals surface area contributed by atoms with Gasteiger partial charge in [-0.1, -0.05) is 86.2 Å². The van der Waals surface area contributed by atoms with Crippen LogP contribution in [0.3, 0.4) is 0 Å². The zero-order valence-corrected chi connectivity index (χ0v) is 16.8. The number of hydrogen-bond donors (Lipinski definition) is 0. The Morgan fingerprint density at radius 3 is 2.17 bits per heavy atom. The van der Waals surface area contributed by atoms with Crippen molar-refractivity contribution >= 4 is 11.4 Å². The summed E-state index contributed by atoms with van der Waals surface area (Å²) in [6.07, 6.45) is 20.2. The van der Waals surface area contributed by atoms with Gasteiger partial charge in [0.25, 0.3) is 0 Å². The van der Waals surface area contributed by atoms with Crippen LogP contribution < -0.4 is 4.90 Å². The monoisotopic (exact) mass is 375 g/mol. The van der Waals surface area contributed by atoms with Crippen LogP contribution >= 0.6 is 0 Å². The highest BCUT2D eigenvalue weighted by atomic mass is 15.2. The Labute approximate surface area is 173 Å². The fourth-order valence-corrected chi connectivity index (χ4v) is 4.49. The normalized spacial score (nSPS) is 19.0. The first-order chi connectivity index (χ1) is 14.3. The van der Waals surface area contributed by atoms with Crippen molar-refractivity contribution in [3.63, 3.8) is 0 Å². The Balaban J connectivity index is 1.64. The van der Waals surface area contributed by atoms with Gasteiger partial charge in [-0.3, -0.25) is 0 Å². The predicted molar refractivity (Wildman–Crippen MR) is 123 cm³/mol. The van der Waals surface area contributed by atoms with Crippen LogP contribution in [0.4, 0.5) is 11.4 Å². The van der Waals surface area contributed by atoms with E-state index in [1.165, 1.54) is 45.8 Å². The number of para-hydroxylation sites is 1. The van der Waals surface area contributed by atoms with E-state index in [-0.39, 0.29) is 0 Å². The van der Waals surface area contributed by atoms with Gasteiger partial charge < -0.3 is 4.90 Å². The molecule has 1 heteroatoms. The SMILES string of the molecule is CCCc1ccc(N(C2=CC=C3C=CC=C4C=CC=C2C43)c2ccccc2)cc1. The molecule has 0 spiro atoms. The molecule has 0 radical (unpaired) electrons. The van der Waals surface area contributed by atoms with E-state index in [2.05, 4.69) is 115 Å². The van der Waals surface area contributed by atoms with E-state index < -0.39 is 0 Å². The van der Waals surface area contributed by atoms with Crippen molar-refractivity contribution in [2.75, 3.05) is 4.90 Å². The lowest BCUT2D eigenvalue weighted by atomic mass is 9.74. The highest BCUT2D eigenvalue weighted by molar-refractivity contribution is 5.75. The molecule has 1 unspecified atom stereocenters. The maximum atomic E-state index is 2.39. The summed E-state index contributed by atoms with van der Waals surface area (Å²) < 4.78 is 0. The summed E-state index contributed by atoms with van der Waals surface area (Å²) in [6.45, 7) is 2.23. The van der Waals surface area contributed by atoms with Gasteiger partial charge in [-0.2, -0.15) is 0 Å². The molecule has 1 nitrogen and oxygen atoms in total. The molecule has 1 atom stereocenters. The van der Waals surface area contributed by atoms with E-state index in [4.69, 9.17) is 0 Å². The Bertz CT molecular complexity index is 1090. The molecule has 2 aromatic carbocycles. The first-order valence-electron chi connectivity index (χ1n) is 10.5. The Hall–Kier alpha value is -3.32. The summed E-state index contributed by atoms with van der Waals surface area (Å²) in [6, 6.07) is 19.7. The van der Waals surface area contributed by atoms with Gasteiger partial charge in [-0.05, 0) is 59.0 Å². The lowest BCUT2D eigenvalue weighted by Crippen LogP contribution is -2.26. The van der Waals surface area contributed by atoms with Crippen molar-refractivity contribution in [1.29, 1.82) is 0 Å². The maximum Gasteiger partial charge on any atom is 0.0503 e. The number of rotatable bonds is 5. The summed E-state index contributed by atoms with van der Waals surface area (Å²) in [5.41, 5.74) is 9.13. The maximum absolute atomic E-state index is 2.39. The fourth-order valence-electron chi connectivity index (χ4n) is 4.49. The van der Waals surface area contributed by atoms with Crippen molar-refractivity contribution in [3.8, 4) is 0 Å². The van der Waals surface area contributed by atoms with Gasteiger partial charge in [-0.25, -0.2) is 0 Å². The summed E-state index contributed by atoms with van der Waals surface area (Å²) >= 11 is 0. The lowest BCUT2D eigenvalue weighted by Gasteiger charge is -2.37. The summed E-state index contributed by atoms with van der Waals surface area (Å²) in [7, 11) is 0. The summed E-state index contributed by atoms with van der Waals surface area (Å²) in [4.78, 5) is 2.39. The van der Waals surface area contributed by atoms with E-state index in [9.17, 15) is 0 Å². The van der Waals surface area contributed by atoms with Gasteiger partial charge in [0, 0.05) is 17.3 Å². The van der Waals surface area contributed by atoms with Gasteiger partial charge in [0.2, 0.25) is 0 Å². The predicted octanol–water partition coefficient (Wildman–Crippen LogP) is 7.21. The number of anilines is 2. The minimum Gasteiger partial charge on any atom is -0.310 e. The van der Waals surface area contributed by atoms with E-state index in [1.54, 1.807) is 0 Å². The van der Waals surface area contributed by atoms with Crippen molar-refractivity contribution in [3.05, 3.63) is 131 Å². The Morgan fingerprint density at radius 2 is 1.41 bits per heavy atom. The highest BCUT2D eigenvalue weighted by Gasteiger charge is 2.31. The number of aryl methyl sites for hydroxylation is 1.